The number of amides is 2. The van der Waals surface area contributed by atoms with Gasteiger partial charge in [0.25, 0.3) is 11.8 Å². The molecule has 35 heavy (non-hydrogen) atoms. The number of nitrogens with one attached hydrogen (secondary N) is 2. The molecule has 176 valence electrons. The van der Waals surface area contributed by atoms with Crippen LogP contribution in [0.1, 0.15) is 33.2 Å². The minimum absolute atomic E-state index is 0.287. The maximum atomic E-state index is 12.9. The summed E-state index contributed by atoms with van der Waals surface area (Å²) in [6.07, 6.45) is 6.52. The molecule has 0 bridgehead atoms. The van der Waals surface area contributed by atoms with Crippen LogP contribution in [0.25, 0.3) is 0 Å². The highest BCUT2D eigenvalue weighted by molar-refractivity contribution is 6.06. The van der Waals surface area contributed by atoms with Gasteiger partial charge in [-0.3, -0.25) is 19.6 Å². The highest BCUT2D eigenvalue weighted by Crippen LogP contribution is 2.30. The molecular weight excluding hydrogens is 444 g/mol. The molecule has 4 rings (SSSR count). The number of pyridine rings is 2. The minimum Gasteiger partial charge on any atom is -0.490 e. The number of rotatable bonds is 9. The number of benzene rings is 2. The minimum atomic E-state index is -0.319. The predicted octanol–water partition coefficient (Wildman–Crippen LogP) is 4.96. The third-order valence-electron chi connectivity index (χ3n) is 4.92. The lowest BCUT2D eigenvalue weighted by atomic mass is 10.1. The summed E-state index contributed by atoms with van der Waals surface area (Å²) >= 11 is 0. The molecule has 2 amide bonds. The number of aromatic nitrogens is 2. The molecule has 0 aliphatic heterocycles. The maximum absolute atomic E-state index is 12.9. The van der Waals surface area contributed by atoms with Crippen molar-refractivity contribution in [1.29, 1.82) is 0 Å². The van der Waals surface area contributed by atoms with Gasteiger partial charge in [-0.1, -0.05) is 12.1 Å². The molecule has 0 radical (unpaired) electrons. The van der Waals surface area contributed by atoms with Crippen LogP contribution in [0.5, 0.6) is 11.5 Å². The summed E-state index contributed by atoms with van der Waals surface area (Å²) in [7, 11) is 0. The fourth-order valence-corrected chi connectivity index (χ4v) is 3.26. The van der Waals surface area contributed by atoms with E-state index in [-0.39, 0.29) is 11.8 Å². The van der Waals surface area contributed by atoms with Crippen molar-refractivity contribution in [3.05, 3.63) is 108 Å². The van der Waals surface area contributed by atoms with Crippen molar-refractivity contribution in [3.63, 3.8) is 0 Å². The van der Waals surface area contributed by atoms with Gasteiger partial charge < -0.3 is 20.1 Å². The van der Waals surface area contributed by atoms with Crippen molar-refractivity contribution in [2.45, 2.75) is 13.5 Å². The van der Waals surface area contributed by atoms with Gasteiger partial charge in [-0.25, -0.2) is 0 Å². The second-order valence-corrected chi connectivity index (χ2v) is 7.48. The van der Waals surface area contributed by atoms with E-state index in [1.807, 2.05) is 19.1 Å². The molecule has 0 fully saturated rings. The van der Waals surface area contributed by atoms with Gasteiger partial charge in [-0.15, -0.1) is 0 Å². The Kier molecular flexibility index (Phi) is 7.65. The zero-order chi connectivity index (χ0) is 24.5. The second kappa shape index (κ2) is 11.4. The molecule has 8 nitrogen and oxygen atoms in total. The largest absolute Gasteiger partial charge is 0.490 e. The number of ether oxygens (including phenoxy) is 2. The molecule has 0 spiro atoms. The van der Waals surface area contributed by atoms with Crippen LogP contribution in [0, 0.1) is 0 Å². The SMILES string of the molecule is CCOc1cc(C(=O)Nc2cccc(NC(=O)c3cccnc3)c2)ccc1OCc1cccnc1. The molecule has 0 saturated heterocycles. The fourth-order valence-electron chi connectivity index (χ4n) is 3.26. The van der Waals surface area contributed by atoms with E-state index in [1.54, 1.807) is 73.2 Å². The van der Waals surface area contributed by atoms with Gasteiger partial charge in [0, 0.05) is 47.3 Å². The summed E-state index contributed by atoms with van der Waals surface area (Å²) in [5.74, 6) is 0.402. The van der Waals surface area contributed by atoms with Crippen molar-refractivity contribution in [2.24, 2.45) is 0 Å². The lowest BCUT2D eigenvalue weighted by molar-refractivity contribution is 0.101. The molecule has 0 aliphatic rings. The summed E-state index contributed by atoms with van der Waals surface area (Å²) in [5.41, 5.74) is 2.86. The molecule has 0 aliphatic carbocycles. The maximum Gasteiger partial charge on any atom is 0.257 e. The Labute approximate surface area is 203 Å². The highest BCUT2D eigenvalue weighted by atomic mass is 16.5. The van der Waals surface area contributed by atoms with Crippen LogP contribution >= 0.6 is 0 Å². The summed E-state index contributed by atoms with van der Waals surface area (Å²) in [6, 6.07) is 19.1. The van der Waals surface area contributed by atoms with E-state index >= 15 is 0 Å². The van der Waals surface area contributed by atoms with E-state index in [9.17, 15) is 9.59 Å². The zero-order valence-electron chi connectivity index (χ0n) is 19.1. The molecule has 2 N–H and O–H groups in total. The van der Waals surface area contributed by atoms with Crippen LogP contribution < -0.4 is 20.1 Å². The van der Waals surface area contributed by atoms with Crippen LogP contribution in [-0.4, -0.2) is 28.4 Å². The Bertz CT molecular complexity index is 1300. The van der Waals surface area contributed by atoms with Crippen molar-refractivity contribution in [1.82, 2.24) is 9.97 Å². The molecule has 0 unspecified atom stereocenters. The second-order valence-electron chi connectivity index (χ2n) is 7.48. The van der Waals surface area contributed by atoms with E-state index in [2.05, 4.69) is 20.6 Å². The Hall–Kier alpha value is -4.72. The third-order valence-corrected chi connectivity index (χ3v) is 4.92. The summed E-state index contributed by atoms with van der Waals surface area (Å²) in [6.45, 7) is 2.62. The summed E-state index contributed by atoms with van der Waals surface area (Å²) in [4.78, 5) is 33.3. The van der Waals surface area contributed by atoms with Crippen LogP contribution in [0.15, 0.2) is 91.5 Å². The van der Waals surface area contributed by atoms with Gasteiger partial charge in [0.15, 0.2) is 11.5 Å². The third kappa shape index (κ3) is 6.42. The van der Waals surface area contributed by atoms with Crippen LogP contribution in [0.3, 0.4) is 0 Å². The van der Waals surface area contributed by atoms with Crippen LogP contribution in [-0.2, 0) is 6.61 Å². The predicted molar refractivity (Wildman–Crippen MR) is 133 cm³/mol. The van der Waals surface area contributed by atoms with E-state index in [4.69, 9.17) is 9.47 Å². The van der Waals surface area contributed by atoms with E-state index in [0.29, 0.717) is 47.2 Å². The van der Waals surface area contributed by atoms with Crippen LogP contribution in [0.4, 0.5) is 11.4 Å². The highest BCUT2D eigenvalue weighted by Gasteiger charge is 2.13. The first kappa shape index (κ1) is 23.4. The van der Waals surface area contributed by atoms with Crippen molar-refractivity contribution < 1.29 is 19.1 Å². The van der Waals surface area contributed by atoms with Gasteiger partial charge in [0.05, 0.1) is 12.2 Å². The lowest BCUT2D eigenvalue weighted by Crippen LogP contribution is -2.14. The Morgan fingerprint density at radius 3 is 2.11 bits per heavy atom. The monoisotopic (exact) mass is 468 g/mol. The number of nitrogens with zero attached hydrogens (tertiary/aromatic N) is 2. The topological polar surface area (TPSA) is 102 Å². The van der Waals surface area contributed by atoms with E-state index in [1.165, 1.54) is 6.20 Å². The quantitative estimate of drug-likeness (QED) is 0.360. The van der Waals surface area contributed by atoms with Gasteiger partial charge in [0.1, 0.15) is 6.61 Å². The first-order valence-electron chi connectivity index (χ1n) is 11.0. The smallest absolute Gasteiger partial charge is 0.257 e. The fraction of sp³-hybridized carbons (Fsp3) is 0.111. The number of carbonyl (C=O) groups excluding carboxylic acids is 2. The summed E-state index contributed by atoms with van der Waals surface area (Å²) < 4.78 is 11.6. The molecule has 0 saturated carbocycles. The van der Waals surface area contributed by atoms with E-state index < -0.39 is 0 Å². The first-order valence-corrected chi connectivity index (χ1v) is 11.0. The number of carbonyl (C=O) groups is 2. The molecule has 4 aromatic rings. The van der Waals surface area contributed by atoms with E-state index in [0.717, 1.165) is 5.56 Å². The Morgan fingerprint density at radius 1 is 0.743 bits per heavy atom. The molecule has 0 atom stereocenters. The molecule has 8 heteroatoms. The standard InChI is InChI=1S/C27H24N4O4/c1-2-34-25-14-20(10-11-24(25)35-18-19-6-4-12-28-16-19)26(32)30-22-8-3-9-23(15-22)31-27(33)21-7-5-13-29-17-21/h3-17H,2,18H2,1H3,(H,30,32)(H,31,33). The Balaban J connectivity index is 1.44. The Morgan fingerprint density at radius 2 is 1.46 bits per heavy atom. The zero-order valence-corrected chi connectivity index (χ0v) is 19.1. The molecule has 2 heterocycles. The average molecular weight is 469 g/mol. The van der Waals surface area contributed by atoms with Gasteiger partial charge in [-0.05, 0) is 61.5 Å². The number of hydrogen-bond donors (Lipinski definition) is 2. The summed E-state index contributed by atoms with van der Waals surface area (Å²) in [5, 5.41) is 5.65. The van der Waals surface area contributed by atoms with Crippen molar-refractivity contribution in [3.8, 4) is 11.5 Å². The van der Waals surface area contributed by atoms with Crippen molar-refractivity contribution in [2.75, 3.05) is 17.2 Å². The van der Waals surface area contributed by atoms with Gasteiger partial charge >= 0.3 is 0 Å². The number of hydrogen-bond acceptors (Lipinski definition) is 6. The first-order chi connectivity index (χ1) is 17.1. The van der Waals surface area contributed by atoms with Crippen molar-refractivity contribution >= 4 is 23.2 Å². The van der Waals surface area contributed by atoms with Gasteiger partial charge in [0.2, 0.25) is 0 Å². The molecule has 2 aromatic carbocycles. The average Bonchev–Trinajstić information content (AvgIpc) is 2.89. The lowest BCUT2D eigenvalue weighted by Gasteiger charge is -2.14. The van der Waals surface area contributed by atoms with Gasteiger partial charge in [-0.2, -0.15) is 0 Å². The molecule has 2 aromatic heterocycles. The van der Waals surface area contributed by atoms with Crippen LogP contribution in [0.2, 0.25) is 0 Å². The molecular formula is C27H24N4O4. The normalized spacial score (nSPS) is 10.3. The number of anilines is 2.